The molecule has 136 valence electrons. The summed E-state index contributed by atoms with van der Waals surface area (Å²) in [5.74, 6) is 0.714. The molecule has 0 radical (unpaired) electrons. The monoisotopic (exact) mass is 370 g/mol. The van der Waals surface area contributed by atoms with E-state index in [1.807, 2.05) is 24.3 Å². The van der Waals surface area contributed by atoms with Crippen LogP contribution in [0.2, 0.25) is 0 Å². The number of halogens is 3. The van der Waals surface area contributed by atoms with Crippen molar-refractivity contribution in [1.29, 1.82) is 0 Å². The third-order valence-corrected chi connectivity index (χ3v) is 4.02. The molecule has 4 aromatic rings. The molecule has 0 spiro atoms. The summed E-state index contributed by atoms with van der Waals surface area (Å²) < 4.78 is 39.8. The van der Waals surface area contributed by atoms with Crippen molar-refractivity contribution in [1.82, 2.24) is 19.5 Å². The summed E-state index contributed by atoms with van der Waals surface area (Å²) in [6.07, 6.45) is -1.46. The van der Waals surface area contributed by atoms with Gasteiger partial charge >= 0.3 is 6.18 Å². The molecular formula is C18H13F3N6. The number of nitrogen functional groups attached to an aromatic ring is 1. The van der Waals surface area contributed by atoms with Crippen LogP contribution in [0.25, 0.3) is 16.9 Å². The van der Waals surface area contributed by atoms with Gasteiger partial charge in [-0.25, -0.2) is 15.0 Å². The maximum atomic E-state index is 12.7. The Bertz CT molecular complexity index is 1100. The summed E-state index contributed by atoms with van der Waals surface area (Å²) in [7, 11) is 0. The lowest BCUT2D eigenvalue weighted by Crippen LogP contribution is -2.07. The van der Waals surface area contributed by atoms with E-state index < -0.39 is 11.7 Å². The molecular weight excluding hydrogens is 357 g/mol. The van der Waals surface area contributed by atoms with E-state index in [2.05, 4.69) is 20.3 Å². The topological polar surface area (TPSA) is 81.6 Å². The Balaban J connectivity index is 1.68. The fourth-order valence-corrected chi connectivity index (χ4v) is 2.69. The van der Waals surface area contributed by atoms with E-state index in [9.17, 15) is 13.2 Å². The number of nitrogens with zero attached hydrogens (tertiary/aromatic N) is 4. The van der Waals surface area contributed by atoms with Crippen molar-refractivity contribution in [2.24, 2.45) is 0 Å². The Morgan fingerprint density at radius 1 is 0.926 bits per heavy atom. The lowest BCUT2D eigenvalue weighted by atomic mass is 10.2. The summed E-state index contributed by atoms with van der Waals surface area (Å²) in [5, 5.41) is 2.92. The molecule has 2 heterocycles. The number of hydrogen-bond acceptors (Lipinski definition) is 5. The number of anilines is 3. The van der Waals surface area contributed by atoms with E-state index in [0.717, 1.165) is 23.2 Å². The molecule has 0 saturated carbocycles. The number of para-hydroxylation sites is 2. The average molecular weight is 370 g/mol. The van der Waals surface area contributed by atoms with Crippen molar-refractivity contribution in [3.8, 4) is 5.82 Å². The van der Waals surface area contributed by atoms with Crippen molar-refractivity contribution >= 4 is 28.2 Å². The summed E-state index contributed by atoms with van der Waals surface area (Å²) in [4.78, 5) is 12.6. The van der Waals surface area contributed by atoms with Gasteiger partial charge < -0.3 is 11.1 Å². The van der Waals surface area contributed by atoms with Crippen LogP contribution in [-0.2, 0) is 6.18 Å². The number of fused-ring (bicyclic) bond motifs is 1. The van der Waals surface area contributed by atoms with Crippen LogP contribution in [0.5, 0.6) is 0 Å². The molecule has 4 rings (SSSR count). The third-order valence-electron chi connectivity index (χ3n) is 4.02. The first kappa shape index (κ1) is 16.8. The number of nitrogens with two attached hydrogens (primary N) is 1. The Morgan fingerprint density at radius 2 is 1.67 bits per heavy atom. The molecule has 0 aliphatic carbocycles. The largest absolute Gasteiger partial charge is 0.416 e. The highest BCUT2D eigenvalue weighted by Crippen LogP contribution is 2.31. The number of hydrogen-bond donors (Lipinski definition) is 2. The molecule has 0 aliphatic heterocycles. The SMILES string of the molecule is Nc1c(Nc2ccc(C(F)(F)F)cc2)ncnc1-n1cnc2ccccc21. The maximum absolute atomic E-state index is 12.7. The zero-order chi connectivity index (χ0) is 19.0. The van der Waals surface area contributed by atoms with Crippen molar-refractivity contribution in [2.75, 3.05) is 11.1 Å². The molecule has 0 unspecified atom stereocenters. The second kappa shape index (κ2) is 6.27. The fourth-order valence-electron chi connectivity index (χ4n) is 2.69. The van der Waals surface area contributed by atoms with Crippen LogP contribution in [0.1, 0.15) is 5.56 Å². The summed E-state index contributed by atoms with van der Waals surface area (Å²) in [6.45, 7) is 0. The van der Waals surface area contributed by atoms with Crippen LogP contribution in [0.4, 0.5) is 30.4 Å². The van der Waals surface area contributed by atoms with Crippen LogP contribution in [0, 0.1) is 0 Å². The summed E-state index contributed by atoms with van der Waals surface area (Å²) >= 11 is 0. The molecule has 0 saturated heterocycles. The van der Waals surface area contributed by atoms with E-state index in [4.69, 9.17) is 5.73 Å². The minimum Gasteiger partial charge on any atom is -0.393 e. The number of aromatic nitrogens is 4. The van der Waals surface area contributed by atoms with Gasteiger partial charge in [0.15, 0.2) is 11.6 Å². The lowest BCUT2D eigenvalue weighted by Gasteiger charge is -2.13. The molecule has 3 N–H and O–H groups in total. The molecule has 0 amide bonds. The van der Waals surface area contributed by atoms with Gasteiger partial charge in [-0.1, -0.05) is 12.1 Å². The first-order chi connectivity index (χ1) is 12.9. The zero-order valence-electron chi connectivity index (χ0n) is 13.8. The Labute approximate surface area is 151 Å². The van der Waals surface area contributed by atoms with Gasteiger partial charge in [-0.2, -0.15) is 13.2 Å². The highest BCUT2D eigenvalue weighted by molar-refractivity contribution is 5.81. The summed E-state index contributed by atoms with van der Waals surface area (Å²) in [5.41, 5.74) is 7.75. The van der Waals surface area contributed by atoms with Gasteiger partial charge in [0.1, 0.15) is 18.3 Å². The van der Waals surface area contributed by atoms with Gasteiger partial charge in [-0.05, 0) is 36.4 Å². The van der Waals surface area contributed by atoms with E-state index in [-0.39, 0.29) is 11.5 Å². The number of benzene rings is 2. The molecule has 0 aliphatic rings. The minimum absolute atomic E-state index is 0.251. The number of nitrogens with one attached hydrogen (secondary N) is 1. The maximum Gasteiger partial charge on any atom is 0.416 e. The fraction of sp³-hybridized carbons (Fsp3) is 0.0556. The number of alkyl halides is 3. The zero-order valence-corrected chi connectivity index (χ0v) is 13.8. The van der Waals surface area contributed by atoms with Crippen molar-refractivity contribution < 1.29 is 13.2 Å². The van der Waals surface area contributed by atoms with Gasteiger partial charge in [0.2, 0.25) is 0 Å². The molecule has 9 heteroatoms. The van der Waals surface area contributed by atoms with Crippen LogP contribution < -0.4 is 11.1 Å². The predicted octanol–water partition coefficient (Wildman–Crippen LogP) is 4.16. The molecule has 0 fully saturated rings. The van der Waals surface area contributed by atoms with Crippen molar-refractivity contribution in [3.63, 3.8) is 0 Å². The smallest absolute Gasteiger partial charge is 0.393 e. The van der Waals surface area contributed by atoms with Crippen molar-refractivity contribution in [2.45, 2.75) is 6.18 Å². The average Bonchev–Trinajstić information content (AvgIpc) is 3.07. The van der Waals surface area contributed by atoms with Crippen molar-refractivity contribution in [3.05, 3.63) is 66.7 Å². The molecule has 2 aromatic carbocycles. The Hall–Kier alpha value is -3.62. The minimum atomic E-state index is -4.39. The van der Waals surface area contributed by atoms with E-state index in [1.54, 1.807) is 10.9 Å². The van der Waals surface area contributed by atoms with Gasteiger partial charge in [-0.15, -0.1) is 0 Å². The Kier molecular flexibility index (Phi) is 3.91. The molecule has 0 atom stereocenters. The predicted molar refractivity (Wildman–Crippen MR) is 95.8 cm³/mol. The van der Waals surface area contributed by atoms with Gasteiger partial charge in [-0.3, -0.25) is 4.57 Å². The number of imidazole rings is 1. The lowest BCUT2D eigenvalue weighted by molar-refractivity contribution is -0.137. The molecule has 0 bridgehead atoms. The Morgan fingerprint density at radius 3 is 2.41 bits per heavy atom. The third kappa shape index (κ3) is 3.14. The quantitative estimate of drug-likeness (QED) is 0.566. The normalized spacial score (nSPS) is 11.7. The van der Waals surface area contributed by atoms with E-state index in [1.165, 1.54) is 18.5 Å². The van der Waals surface area contributed by atoms with Crippen LogP contribution in [0.3, 0.4) is 0 Å². The second-order valence-electron chi connectivity index (χ2n) is 5.76. The first-order valence-electron chi connectivity index (χ1n) is 7.91. The van der Waals surface area contributed by atoms with E-state index in [0.29, 0.717) is 11.5 Å². The molecule has 6 nitrogen and oxygen atoms in total. The standard InChI is InChI=1S/C18H13F3N6/c19-18(20,21)11-5-7-12(8-6-11)26-16-15(22)17(24-9-23-16)27-10-25-13-3-1-2-4-14(13)27/h1-10H,22H2,(H,23,24,26). The first-order valence-corrected chi connectivity index (χ1v) is 7.91. The van der Waals surface area contributed by atoms with Gasteiger partial charge in [0.05, 0.1) is 16.6 Å². The highest BCUT2D eigenvalue weighted by atomic mass is 19.4. The van der Waals surface area contributed by atoms with Gasteiger partial charge in [0, 0.05) is 5.69 Å². The van der Waals surface area contributed by atoms with E-state index >= 15 is 0 Å². The highest BCUT2D eigenvalue weighted by Gasteiger charge is 2.30. The number of rotatable bonds is 3. The molecule has 2 aromatic heterocycles. The van der Waals surface area contributed by atoms with Crippen LogP contribution in [0.15, 0.2) is 61.2 Å². The van der Waals surface area contributed by atoms with Crippen LogP contribution in [-0.4, -0.2) is 19.5 Å². The molecule has 27 heavy (non-hydrogen) atoms. The second-order valence-corrected chi connectivity index (χ2v) is 5.76. The van der Waals surface area contributed by atoms with Crippen LogP contribution >= 0.6 is 0 Å². The summed E-state index contributed by atoms with van der Waals surface area (Å²) in [6, 6.07) is 12.1. The van der Waals surface area contributed by atoms with Gasteiger partial charge in [0.25, 0.3) is 0 Å².